The molecule has 0 atom stereocenters. The molecule has 6 nitrogen and oxygen atoms in total. The molecule has 1 fully saturated rings. The van der Waals surface area contributed by atoms with Crippen LogP contribution in [0.3, 0.4) is 0 Å². The highest BCUT2D eigenvalue weighted by Gasteiger charge is 2.18. The molecule has 2 aromatic carbocycles. The molecule has 2 heterocycles. The molecular weight excluding hydrogens is 455 g/mol. The van der Waals surface area contributed by atoms with E-state index in [1.165, 1.54) is 44.5 Å². The second-order valence-corrected chi connectivity index (χ2v) is 9.53. The van der Waals surface area contributed by atoms with E-state index in [1.807, 2.05) is 36.6 Å². The van der Waals surface area contributed by atoms with E-state index in [4.69, 9.17) is 21.3 Å². The van der Waals surface area contributed by atoms with Gasteiger partial charge in [-0.05, 0) is 76.5 Å². The number of piperidine rings is 1. The van der Waals surface area contributed by atoms with E-state index < -0.39 is 5.82 Å². The first kappa shape index (κ1) is 24.5. The van der Waals surface area contributed by atoms with E-state index in [2.05, 4.69) is 10.2 Å². The molecule has 0 bridgehead atoms. The smallest absolute Gasteiger partial charge is 0.240 e. The Labute approximate surface area is 205 Å². The Bertz CT molecular complexity index is 1140. The lowest BCUT2D eigenvalue weighted by Crippen LogP contribution is -2.33. The van der Waals surface area contributed by atoms with Gasteiger partial charge in [0.1, 0.15) is 23.9 Å². The van der Waals surface area contributed by atoms with Gasteiger partial charge in [-0.2, -0.15) is 0 Å². The zero-order chi connectivity index (χ0) is 24.1. The zero-order valence-electron chi connectivity index (χ0n) is 19.8. The molecule has 0 saturated carbocycles. The van der Waals surface area contributed by atoms with E-state index in [0.717, 1.165) is 24.2 Å². The third-order valence-electron chi connectivity index (χ3n) is 5.98. The van der Waals surface area contributed by atoms with Crippen molar-refractivity contribution in [2.24, 2.45) is 0 Å². The molecule has 1 N–H and O–H groups in total. The summed E-state index contributed by atoms with van der Waals surface area (Å²) in [5.74, 6) is 0.678. The first-order valence-corrected chi connectivity index (χ1v) is 12.4. The van der Waals surface area contributed by atoms with Gasteiger partial charge in [-0.3, -0.25) is 4.79 Å². The van der Waals surface area contributed by atoms with Crippen LogP contribution >= 0.6 is 11.6 Å². The number of ether oxygens (including phenoxy) is 1. The predicted molar refractivity (Wildman–Crippen MR) is 134 cm³/mol. The summed E-state index contributed by atoms with van der Waals surface area (Å²) < 4.78 is 21.6. The standard InChI is InChI=1S/C26H32ClFN4O2/c1-18(2)29-25(33)17-32-24-10-8-20(34-14-6-13-31-11-4-3-5-12-31)16-23(24)30-26(32)19-7-9-22(28)21(27)15-19/h7-10,15-16,18H,3-6,11-14,17H2,1-2H3,(H,29,33). The number of benzene rings is 2. The monoisotopic (exact) mass is 486 g/mol. The average molecular weight is 487 g/mol. The Morgan fingerprint density at radius 2 is 1.97 bits per heavy atom. The maximum atomic E-state index is 13.7. The summed E-state index contributed by atoms with van der Waals surface area (Å²) in [5, 5.41) is 2.93. The molecule has 4 rings (SSSR count). The van der Waals surface area contributed by atoms with E-state index in [1.54, 1.807) is 6.07 Å². The third-order valence-corrected chi connectivity index (χ3v) is 6.27. The molecule has 8 heteroatoms. The molecule has 0 aliphatic carbocycles. The predicted octanol–water partition coefficient (Wildman–Crippen LogP) is 5.28. The van der Waals surface area contributed by atoms with Crippen LogP contribution in [0.5, 0.6) is 5.75 Å². The van der Waals surface area contributed by atoms with Crippen molar-refractivity contribution in [3.8, 4) is 17.1 Å². The van der Waals surface area contributed by atoms with Gasteiger partial charge in [0.25, 0.3) is 0 Å². The highest BCUT2D eigenvalue weighted by atomic mass is 35.5. The Morgan fingerprint density at radius 1 is 1.18 bits per heavy atom. The Morgan fingerprint density at radius 3 is 2.71 bits per heavy atom. The maximum absolute atomic E-state index is 13.7. The number of amides is 1. The quantitative estimate of drug-likeness (QED) is 0.418. The van der Waals surface area contributed by atoms with Gasteiger partial charge < -0.3 is 19.5 Å². The topological polar surface area (TPSA) is 59.4 Å². The minimum Gasteiger partial charge on any atom is -0.493 e. The van der Waals surface area contributed by atoms with Crippen LogP contribution in [0.4, 0.5) is 4.39 Å². The number of nitrogens with zero attached hydrogens (tertiary/aromatic N) is 3. The van der Waals surface area contributed by atoms with Crippen LogP contribution in [0.15, 0.2) is 36.4 Å². The lowest BCUT2D eigenvalue weighted by atomic mass is 10.1. The molecule has 1 aromatic heterocycles. The highest BCUT2D eigenvalue weighted by Crippen LogP contribution is 2.30. The van der Waals surface area contributed by atoms with Crippen LogP contribution < -0.4 is 10.1 Å². The summed E-state index contributed by atoms with van der Waals surface area (Å²) in [4.78, 5) is 19.8. The molecule has 0 radical (unpaired) electrons. The van der Waals surface area contributed by atoms with Crippen molar-refractivity contribution in [1.29, 1.82) is 0 Å². The van der Waals surface area contributed by atoms with Crippen LogP contribution in [0.2, 0.25) is 5.02 Å². The van der Waals surface area contributed by atoms with Crippen molar-refractivity contribution in [3.05, 3.63) is 47.2 Å². The van der Waals surface area contributed by atoms with Crippen LogP contribution in [0.1, 0.15) is 39.5 Å². The molecule has 34 heavy (non-hydrogen) atoms. The third kappa shape index (κ3) is 6.07. The number of halogens is 2. The molecular formula is C26H32ClFN4O2. The van der Waals surface area contributed by atoms with Crippen molar-refractivity contribution in [1.82, 2.24) is 19.8 Å². The molecule has 1 aliphatic heterocycles. The number of hydrogen-bond donors (Lipinski definition) is 1. The van der Waals surface area contributed by atoms with E-state index >= 15 is 0 Å². The van der Waals surface area contributed by atoms with E-state index in [0.29, 0.717) is 23.5 Å². The summed E-state index contributed by atoms with van der Waals surface area (Å²) in [6.45, 7) is 7.99. The summed E-state index contributed by atoms with van der Waals surface area (Å²) in [6, 6.07) is 10.2. The van der Waals surface area contributed by atoms with Crippen molar-refractivity contribution in [2.45, 2.75) is 52.1 Å². The van der Waals surface area contributed by atoms with E-state index in [9.17, 15) is 9.18 Å². The van der Waals surface area contributed by atoms with Crippen LogP contribution in [-0.4, -0.2) is 52.6 Å². The fourth-order valence-corrected chi connectivity index (χ4v) is 4.57. The number of hydrogen-bond acceptors (Lipinski definition) is 4. The Hall–Kier alpha value is -2.64. The number of carbonyl (C=O) groups excluding carboxylic acids is 1. The minimum absolute atomic E-state index is 0.0143. The van der Waals surface area contributed by atoms with Gasteiger partial charge >= 0.3 is 0 Å². The van der Waals surface area contributed by atoms with Gasteiger partial charge in [0.05, 0.1) is 22.7 Å². The van der Waals surface area contributed by atoms with Gasteiger partial charge in [0, 0.05) is 24.2 Å². The number of nitrogens with one attached hydrogen (secondary N) is 1. The Kier molecular flexibility index (Phi) is 8.06. The lowest BCUT2D eigenvalue weighted by Gasteiger charge is -2.26. The first-order chi connectivity index (χ1) is 16.4. The SMILES string of the molecule is CC(C)NC(=O)Cn1c(-c2ccc(F)c(Cl)c2)nc2cc(OCCCN3CCCCC3)ccc21. The Balaban J connectivity index is 1.54. The minimum atomic E-state index is -0.495. The summed E-state index contributed by atoms with van der Waals surface area (Å²) in [5.41, 5.74) is 2.15. The molecule has 182 valence electrons. The van der Waals surface area contributed by atoms with Crippen molar-refractivity contribution in [3.63, 3.8) is 0 Å². The van der Waals surface area contributed by atoms with Crippen LogP contribution in [0.25, 0.3) is 22.4 Å². The molecule has 0 unspecified atom stereocenters. The van der Waals surface area contributed by atoms with Gasteiger partial charge in [-0.25, -0.2) is 9.37 Å². The van der Waals surface area contributed by atoms with Crippen LogP contribution in [-0.2, 0) is 11.3 Å². The van der Waals surface area contributed by atoms with Crippen molar-refractivity contribution >= 4 is 28.5 Å². The van der Waals surface area contributed by atoms with Gasteiger partial charge in [0.15, 0.2) is 0 Å². The normalized spacial score (nSPS) is 14.6. The highest BCUT2D eigenvalue weighted by molar-refractivity contribution is 6.31. The van der Waals surface area contributed by atoms with E-state index in [-0.39, 0.29) is 23.5 Å². The zero-order valence-corrected chi connectivity index (χ0v) is 20.6. The fourth-order valence-electron chi connectivity index (χ4n) is 4.39. The number of imidazole rings is 1. The summed E-state index contributed by atoms with van der Waals surface area (Å²) >= 11 is 6.03. The largest absolute Gasteiger partial charge is 0.493 e. The van der Waals surface area contributed by atoms with Crippen molar-refractivity contribution < 1.29 is 13.9 Å². The molecule has 0 spiro atoms. The average Bonchev–Trinajstić information content (AvgIpc) is 3.16. The number of carbonyl (C=O) groups is 1. The van der Waals surface area contributed by atoms with Gasteiger partial charge in [-0.1, -0.05) is 18.0 Å². The maximum Gasteiger partial charge on any atom is 0.240 e. The second kappa shape index (κ2) is 11.2. The number of aromatic nitrogens is 2. The lowest BCUT2D eigenvalue weighted by molar-refractivity contribution is -0.122. The molecule has 1 amide bonds. The molecule has 1 saturated heterocycles. The number of likely N-dealkylation sites (tertiary alicyclic amines) is 1. The molecule has 1 aliphatic rings. The van der Waals surface area contributed by atoms with Crippen molar-refractivity contribution in [2.75, 3.05) is 26.2 Å². The summed E-state index contributed by atoms with van der Waals surface area (Å²) in [6.07, 6.45) is 4.89. The molecule has 3 aromatic rings. The van der Waals surface area contributed by atoms with Gasteiger partial charge in [0.2, 0.25) is 5.91 Å². The second-order valence-electron chi connectivity index (χ2n) is 9.13. The van der Waals surface area contributed by atoms with Gasteiger partial charge in [-0.15, -0.1) is 0 Å². The fraction of sp³-hybridized carbons (Fsp3) is 0.462. The number of fused-ring (bicyclic) bond motifs is 1. The first-order valence-electron chi connectivity index (χ1n) is 12.0. The van der Waals surface area contributed by atoms with Crippen LogP contribution in [0, 0.1) is 5.82 Å². The number of rotatable bonds is 9. The summed E-state index contributed by atoms with van der Waals surface area (Å²) in [7, 11) is 0.